The lowest BCUT2D eigenvalue weighted by Crippen LogP contribution is -2.39. The molecule has 1 heterocycles. The van der Waals surface area contributed by atoms with Gasteiger partial charge in [0.05, 0.1) is 6.54 Å². The molecule has 0 aliphatic carbocycles. The van der Waals surface area contributed by atoms with E-state index in [2.05, 4.69) is 17.0 Å². The van der Waals surface area contributed by atoms with E-state index in [0.29, 0.717) is 18.8 Å². The number of anilines is 1. The zero-order valence-electron chi connectivity index (χ0n) is 15.5. The van der Waals surface area contributed by atoms with Gasteiger partial charge in [0.25, 0.3) is 5.56 Å². The van der Waals surface area contributed by atoms with E-state index < -0.39 is 0 Å². The molecule has 6 heteroatoms. The number of aromatic nitrogens is 2. The Bertz CT molecular complexity index is 1020. The van der Waals surface area contributed by atoms with Crippen molar-refractivity contribution in [2.24, 2.45) is 14.1 Å². The average Bonchev–Trinajstić information content (AvgIpc) is 2.69. The van der Waals surface area contributed by atoms with E-state index in [1.54, 1.807) is 19.2 Å². The molecule has 0 saturated heterocycles. The minimum absolute atomic E-state index is 0.197. The molecule has 3 rings (SSSR count). The number of phenolic OH excluding ortho intramolecular Hbond substituents is 1. The fourth-order valence-electron chi connectivity index (χ4n) is 3.00. The van der Waals surface area contributed by atoms with Gasteiger partial charge in [-0.05, 0) is 36.2 Å². The first-order chi connectivity index (χ1) is 13.0. The predicted molar refractivity (Wildman–Crippen MR) is 106 cm³/mol. The van der Waals surface area contributed by atoms with Gasteiger partial charge in [0.1, 0.15) is 5.75 Å². The van der Waals surface area contributed by atoms with Gasteiger partial charge in [-0.1, -0.05) is 30.3 Å². The summed E-state index contributed by atoms with van der Waals surface area (Å²) in [6.45, 7) is 1.12. The highest BCUT2D eigenvalue weighted by atomic mass is 16.3. The quantitative estimate of drug-likeness (QED) is 0.726. The van der Waals surface area contributed by atoms with Gasteiger partial charge >= 0.3 is 5.69 Å². The molecular formula is C21H23N3O3. The second kappa shape index (κ2) is 7.95. The largest absolute Gasteiger partial charge is 0.508 e. The maximum absolute atomic E-state index is 12.2. The molecule has 3 aromatic rings. The van der Waals surface area contributed by atoms with Crippen molar-refractivity contribution in [2.45, 2.75) is 13.0 Å². The summed E-state index contributed by atoms with van der Waals surface area (Å²) in [5.41, 5.74) is 2.10. The van der Waals surface area contributed by atoms with Crippen molar-refractivity contribution in [3.8, 4) is 5.75 Å². The molecular weight excluding hydrogens is 342 g/mol. The molecule has 0 radical (unpaired) electrons. The van der Waals surface area contributed by atoms with Crippen LogP contribution in [-0.4, -0.2) is 20.8 Å². The van der Waals surface area contributed by atoms with Crippen molar-refractivity contribution in [2.75, 3.05) is 11.4 Å². The van der Waals surface area contributed by atoms with E-state index in [9.17, 15) is 14.7 Å². The Morgan fingerprint density at radius 2 is 1.59 bits per heavy atom. The van der Waals surface area contributed by atoms with Gasteiger partial charge in [-0.2, -0.15) is 0 Å². The SMILES string of the molecule is Cn1c(CN(CCc2ccccc2)c2ccc(O)cc2)cc(=O)n(C)c1=O. The molecule has 0 bridgehead atoms. The summed E-state index contributed by atoms with van der Waals surface area (Å²) in [5, 5.41) is 9.58. The maximum Gasteiger partial charge on any atom is 0.330 e. The number of benzene rings is 2. The molecule has 0 unspecified atom stereocenters. The highest BCUT2D eigenvalue weighted by Crippen LogP contribution is 2.20. The van der Waals surface area contributed by atoms with Crippen LogP contribution in [0.5, 0.6) is 5.75 Å². The Kier molecular flexibility index (Phi) is 5.45. The van der Waals surface area contributed by atoms with Crippen LogP contribution in [0, 0.1) is 0 Å². The summed E-state index contributed by atoms with van der Waals surface area (Å²) in [7, 11) is 3.14. The van der Waals surface area contributed by atoms with Gasteiger partial charge in [-0.3, -0.25) is 13.9 Å². The highest BCUT2D eigenvalue weighted by molar-refractivity contribution is 5.49. The van der Waals surface area contributed by atoms with E-state index in [1.165, 1.54) is 23.2 Å². The topological polar surface area (TPSA) is 67.5 Å². The fraction of sp³-hybridized carbons (Fsp3) is 0.238. The number of rotatable bonds is 6. The van der Waals surface area contributed by atoms with Crippen molar-refractivity contribution in [1.29, 1.82) is 0 Å². The molecule has 0 aliphatic heterocycles. The molecule has 2 aromatic carbocycles. The van der Waals surface area contributed by atoms with Gasteiger partial charge in [0.2, 0.25) is 0 Å². The van der Waals surface area contributed by atoms with Crippen molar-refractivity contribution < 1.29 is 5.11 Å². The van der Waals surface area contributed by atoms with Crippen LogP contribution in [-0.2, 0) is 27.1 Å². The lowest BCUT2D eigenvalue weighted by molar-refractivity contribution is 0.475. The molecule has 0 atom stereocenters. The number of hydrogen-bond donors (Lipinski definition) is 1. The Labute approximate surface area is 157 Å². The Morgan fingerprint density at radius 1 is 0.926 bits per heavy atom. The molecule has 0 aliphatic rings. The maximum atomic E-state index is 12.2. The zero-order chi connectivity index (χ0) is 19.4. The summed E-state index contributed by atoms with van der Waals surface area (Å²) < 4.78 is 2.59. The lowest BCUT2D eigenvalue weighted by atomic mass is 10.1. The second-order valence-electron chi connectivity index (χ2n) is 6.55. The molecule has 0 amide bonds. The van der Waals surface area contributed by atoms with Gasteiger partial charge < -0.3 is 10.0 Å². The normalized spacial score (nSPS) is 10.7. The van der Waals surface area contributed by atoms with Crippen LogP contribution in [0.15, 0.2) is 70.3 Å². The van der Waals surface area contributed by atoms with Crippen LogP contribution in [0.2, 0.25) is 0 Å². The summed E-state index contributed by atoms with van der Waals surface area (Å²) >= 11 is 0. The number of nitrogens with zero attached hydrogens (tertiary/aromatic N) is 3. The third-order valence-corrected chi connectivity index (χ3v) is 4.71. The van der Waals surface area contributed by atoms with Crippen LogP contribution in [0.4, 0.5) is 5.69 Å². The Hall–Kier alpha value is -3.28. The molecule has 27 heavy (non-hydrogen) atoms. The van der Waals surface area contributed by atoms with E-state index in [0.717, 1.165) is 16.7 Å². The monoisotopic (exact) mass is 365 g/mol. The van der Waals surface area contributed by atoms with Crippen molar-refractivity contribution in [3.63, 3.8) is 0 Å². The number of phenols is 1. The first-order valence-electron chi connectivity index (χ1n) is 8.79. The van der Waals surface area contributed by atoms with Gasteiger partial charge in [0.15, 0.2) is 0 Å². The first-order valence-corrected chi connectivity index (χ1v) is 8.79. The number of hydrogen-bond acceptors (Lipinski definition) is 4. The van der Waals surface area contributed by atoms with Crippen molar-refractivity contribution in [3.05, 3.63) is 92.8 Å². The molecule has 0 spiro atoms. The standard InChI is InChI=1S/C21H23N3O3/c1-22-18(14-20(26)23(2)21(22)27)15-24(17-8-10-19(25)11-9-17)13-12-16-6-4-3-5-7-16/h3-11,14,25H,12-13,15H2,1-2H3. The lowest BCUT2D eigenvalue weighted by Gasteiger charge is -2.26. The summed E-state index contributed by atoms with van der Waals surface area (Å²) in [4.78, 5) is 26.4. The second-order valence-corrected chi connectivity index (χ2v) is 6.55. The average molecular weight is 365 g/mol. The van der Waals surface area contributed by atoms with Gasteiger partial charge in [-0.15, -0.1) is 0 Å². The molecule has 6 nitrogen and oxygen atoms in total. The minimum Gasteiger partial charge on any atom is -0.508 e. The Morgan fingerprint density at radius 3 is 2.26 bits per heavy atom. The third-order valence-electron chi connectivity index (χ3n) is 4.71. The minimum atomic E-state index is -0.341. The van der Waals surface area contributed by atoms with E-state index in [1.807, 2.05) is 30.3 Å². The van der Waals surface area contributed by atoms with Crippen molar-refractivity contribution in [1.82, 2.24) is 9.13 Å². The smallest absolute Gasteiger partial charge is 0.330 e. The van der Waals surface area contributed by atoms with Crippen molar-refractivity contribution >= 4 is 5.69 Å². The molecule has 0 saturated carbocycles. The van der Waals surface area contributed by atoms with Gasteiger partial charge in [-0.25, -0.2) is 4.79 Å². The van der Waals surface area contributed by atoms with E-state index >= 15 is 0 Å². The van der Waals surface area contributed by atoms with Crippen LogP contribution in [0.25, 0.3) is 0 Å². The zero-order valence-corrected chi connectivity index (χ0v) is 15.5. The highest BCUT2D eigenvalue weighted by Gasteiger charge is 2.12. The Balaban J connectivity index is 1.91. The summed E-state index contributed by atoms with van der Waals surface area (Å²) in [6, 6.07) is 18.6. The first kappa shape index (κ1) is 18.5. The van der Waals surface area contributed by atoms with Crippen LogP contribution >= 0.6 is 0 Å². The van der Waals surface area contributed by atoms with E-state index in [-0.39, 0.29) is 17.0 Å². The number of aromatic hydroxyl groups is 1. The predicted octanol–water partition coefficient (Wildman–Crippen LogP) is 2.04. The van der Waals surface area contributed by atoms with Crippen LogP contribution < -0.4 is 16.1 Å². The molecule has 1 aromatic heterocycles. The molecule has 140 valence electrons. The van der Waals surface area contributed by atoms with Gasteiger partial charge in [0, 0.05) is 38.1 Å². The van der Waals surface area contributed by atoms with Crippen LogP contribution in [0.1, 0.15) is 11.3 Å². The molecule has 1 N–H and O–H groups in total. The van der Waals surface area contributed by atoms with Crippen LogP contribution in [0.3, 0.4) is 0 Å². The fourth-order valence-corrected chi connectivity index (χ4v) is 3.00. The summed E-state index contributed by atoms with van der Waals surface area (Å²) in [5.74, 6) is 0.197. The molecule has 0 fully saturated rings. The summed E-state index contributed by atoms with van der Waals surface area (Å²) in [6.07, 6.45) is 0.820. The third kappa shape index (κ3) is 4.28. The van der Waals surface area contributed by atoms with E-state index in [4.69, 9.17) is 0 Å².